The molecule has 2 unspecified atom stereocenters. The zero-order chi connectivity index (χ0) is 13.2. The number of aryl methyl sites for hydroxylation is 1. The predicted molar refractivity (Wildman–Crippen MR) is 73.4 cm³/mol. The fourth-order valence-electron chi connectivity index (χ4n) is 2.64. The normalized spacial score (nSPS) is 25.8. The van der Waals surface area contributed by atoms with Crippen LogP contribution in [0.4, 0.5) is 0 Å². The molecule has 18 heavy (non-hydrogen) atoms. The van der Waals surface area contributed by atoms with Gasteiger partial charge in [0.1, 0.15) is 0 Å². The number of nitrogens with one attached hydrogen (secondary N) is 1. The van der Waals surface area contributed by atoms with Crippen molar-refractivity contribution in [3.8, 4) is 0 Å². The van der Waals surface area contributed by atoms with E-state index in [1.54, 1.807) is 0 Å². The number of hydrogen-bond donors (Lipinski definition) is 1. The molecular weight excluding hydrogens is 224 g/mol. The van der Waals surface area contributed by atoms with Crippen LogP contribution in [0.3, 0.4) is 0 Å². The van der Waals surface area contributed by atoms with E-state index in [-0.39, 0.29) is 5.41 Å². The first-order valence-corrected chi connectivity index (χ1v) is 6.81. The average molecular weight is 248 g/mol. The van der Waals surface area contributed by atoms with Crippen LogP contribution in [0.25, 0.3) is 0 Å². The highest BCUT2D eigenvalue weighted by molar-refractivity contribution is 5.18. The topological polar surface area (TPSA) is 34.1 Å². The number of ether oxygens (including phenoxy) is 1. The van der Waals surface area contributed by atoms with Crippen LogP contribution in [0, 0.1) is 12.3 Å². The Labute approximate surface area is 110 Å². The first-order chi connectivity index (χ1) is 8.55. The highest BCUT2D eigenvalue weighted by Gasteiger charge is 2.48. The van der Waals surface area contributed by atoms with E-state index in [4.69, 9.17) is 4.74 Å². The Balaban J connectivity index is 1.88. The molecule has 0 radical (unpaired) electrons. The van der Waals surface area contributed by atoms with E-state index in [9.17, 15) is 0 Å². The molecule has 1 heterocycles. The molecule has 0 spiro atoms. The molecule has 0 amide bonds. The van der Waals surface area contributed by atoms with Crippen LogP contribution < -0.4 is 5.32 Å². The van der Waals surface area contributed by atoms with Gasteiger partial charge in [-0.25, -0.2) is 0 Å². The van der Waals surface area contributed by atoms with E-state index < -0.39 is 0 Å². The largest absolute Gasteiger partial charge is 0.378 e. The Morgan fingerprint density at radius 2 is 2.28 bits per heavy atom. The fraction of sp³-hybridized carbons (Fsp3) is 0.667. The lowest BCUT2D eigenvalue weighted by Crippen LogP contribution is -2.60. The van der Waals surface area contributed by atoms with E-state index >= 15 is 0 Å². The first-order valence-electron chi connectivity index (χ1n) is 6.81. The quantitative estimate of drug-likeness (QED) is 0.870. The molecule has 3 nitrogen and oxygen atoms in total. The standard InChI is InChI=1S/C15H24N2O/c1-5-18-14-9-13(15(14,3)4)17-10-12-11(2)7-6-8-16-12/h6-8,13-14,17H,5,9-10H2,1-4H3. The van der Waals surface area contributed by atoms with Crippen molar-refractivity contribution in [2.24, 2.45) is 5.41 Å². The summed E-state index contributed by atoms with van der Waals surface area (Å²) in [6.45, 7) is 10.4. The molecule has 2 rings (SSSR count). The monoisotopic (exact) mass is 248 g/mol. The Hall–Kier alpha value is -0.930. The minimum Gasteiger partial charge on any atom is -0.378 e. The molecule has 0 bridgehead atoms. The molecule has 1 aliphatic rings. The first kappa shape index (κ1) is 13.5. The predicted octanol–water partition coefficient (Wildman–Crippen LogP) is 2.68. The molecule has 1 fully saturated rings. The highest BCUT2D eigenvalue weighted by atomic mass is 16.5. The van der Waals surface area contributed by atoms with Gasteiger partial charge in [-0.2, -0.15) is 0 Å². The molecule has 1 aromatic heterocycles. The van der Waals surface area contributed by atoms with Crippen molar-refractivity contribution in [3.63, 3.8) is 0 Å². The lowest BCUT2D eigenvalue weighted by molar-refractivity contribution is -0.114. The molecule has 1 aromatic rings. The maximum Gasteiger partial charge on any atom is 0.0655 e. The maximum absolute atomic E-state index is 5.74. The fourth-order valence-corrected chi connectivity index (χ4v) is 2.64. The van der Waals surface area contributed by atoms with Crippen molar-refractivity contribution in [1.82, 2.24) is 10.3 Å². The Morgan fingerprint density at radius 1 is 1.50 bits per heavy atom. The van der Waals surface area contributed by atoms with Crippen LogP contribution >= 0.6 is 0 Å². The van der Waals surface area contributed by atoms with Gasteiger partial charge in [0.2, 0.25) is 0 Å². The van der Waals surface area contributed by atoms with E-state index in [1.165, 1.54) is 5.56 Å². The van der Waals surface area contributed by atoms with Crippen LogP contribution in [0.2, 0.25) is 0 Å². The minimum atomic E-state index is 0.221. The molecule has 2 atom stereocenters. The van der Waals surface area contributed by atoms with Crippen LogP contribution in [0.1, 0.15) is 38.4 Å². The molecule has 0 aromatic carbocycles. The van der Waals surface area contributed by atoms with Crippen molar-refractivity contribution < 1.29 is 4.74 Å². The second-order valence-corrected chi connectivity index (χ2v) is 5.70. The second-order valence-electron chi connectivity index (χ2n) is 5.70. The molecule has 3 heteroatoms. The van der Waals surface area contributed by atoms with Gasteiger partial charge < -0.3 is 10.1 Å². The summed E-state index contributed by atoms with van der Waals surface area (Å²) in [6, 6.07) is 4.62. The Morgan fingerprint density at radius 3 is 2.89 bits per heavy atom. The highest BCUT2D eigenvalue weighted by Crippen LogP contribution is 2.42. The molecule has 0 saturated heterocycles. The van der Waals surface area contributed by atoms with Gasteiger partial charge in [-0.1, -0.05) is 19.9 Å². The van der Waals surface area contributed by atoms with Crippen molar-refractivity contribution in [1.29, 1.82) is 0 Å². The van der Waals surface area contributed by atoms with Gasteiger partial charge in [0.15, 0.2) is 0 Å². The average Bonchev–Trinajstić information content (AvgIpc) is 2.35. The molecule has 1 saturated carbocycles. The third kappa shape index (κ3) is 2.57. The lowest BCUT2D eigenvalue weighted by atomic mass is 9.64. The van der Waals surface area contributed by atoms with Crippen molar-refractivity contribution in [3.05, 3.63) is 29.6 Å². The lowest BCUT2D eigenvalue weighted by Gasteiger charge is -2.52. The third-order valence-corrected chi connectivity index (χ3v) is 4.18. The second kappa shape index (κ2) is 5.37. The van der Waals surface area contributed by atoms with Crippen LogP contribution in [-0.4, -0.2) is 23.7 Å². The molecule has 100 valence electrons. The van der Waals surface area contributed by atoms with Gasteiger partial charge in [0.05, 0.1) is 11.8 Å². The molecular formula is C15H24N2O. The summed E-state index contributed by atoms with van der Waals surface area (Å²) in [6.07, 6.45) is 3.36. The third-order valence-electron chi connectivity index (χ3n) is 4.18. The maximum atomic E-state index is 5.74. The molecule has 1 aliphatic carbocycles. The summed E-state index contributed by atoms with van der Waals surface area (Å²) in [5.74, 6) is 0. The zero-order valence-electron chi connectivity index (χ0n) is 11.9. The summed E-state index contributed by atoms with van der Waals surface area (Å²) in [5, 5.41) is 3.61. The summed E-state index contributed by atoms with van der Waals surface area (Å²) < 4.78 is 5.74. The Bertz CT molecular complexity index is 403. The van der Waals surface area contributed by atoms with Crippen LogP contribution in [0.15, 0.2) is 18.3 Å². The van der Waals surface area contributed by atoms with Crippen LogP contribution in [-0.2, 0) is 11.3 Å². The van der Waals surface area contributed by atoms with Crippen LogP contribution in [0.5, 0.6) is 0 Å². The van der Waals surface area contributed by atoms with Gasteiger partial charge in [-0.05, 0) is 31.9 Å². The molecule has 1 N–H and O–H groups in total. The van der Waals surface area contributed by atoms with Crippen molar-refractivity contribution in [2.75, 3.05) is 6.61 Å². The van der Waals surface area contributed by atoms with Crippen molar-refractivity contribution in [2.45, 2.75) is 52.8 Å². The smallest absolute Gasteiger partial charge is 0.0655 e. The summed E-state index contributed by atoms with van der Waals surface area (Å²) in [5.41, 5.74) is 2.62. The van der Waals surface area contributed by atoms with Gasteiger partial charge >= 0.3 is 0 Å². The molecule has 0 aliphatic heterocycles. The summed E-state index contributed by atoms with van der Waals surface area (Å²) in [7, 11) is 0. The number of rotatable bonds is 5. The van der Waals surface area contributed by atoms with Gasteiger partial charge in [-0.3, -0.25) is 4.98 Å². The van der Waals surface area contributed by atoms with E-state index in [0.29, 0.717) is 12.1 Å². The van der Waals surface area contributed by atoms with Gasteiger partial charge in [0.25, 0.3) is 0 Å². The number of hydrogen-bond acceptors (Lipinski definition) is 3. The van der Waals surface area contributed by atoms with Gasteiger partial charge in [-0.15, -0.1) is 0 Å². The Kier molecular flexibility index (Phi) is 4.03. The number of nitrogens with zero attached hydrogens (tertiary/aromatic N) is 1. The zero-order valence-corrected chi connectivity index (χ0v) is 11.9. The van der Waals surface area contributed by atoms with E-state index in [0.717, 1.165) is 25.3 Å². The number of pyridine rings is 1. The summed E-state index contributed by atoms with van der Waals surface area (Å²) in [4.78, 5) is 4.42. The van der Waals surface area contributed by atoms with Crippen molar-refractivity contribution >= 4 is 0 Å². The van der Waals surface area contributed by atoms with Gasteiger partial charge in [0, 0.05) is 30.8 Å². The SMILES string of the molecule is CCOC1CC(NCc2ncccc2C)C1(C)C. The summed E-state index contributed by atoms with van der Waals surface area (Å²) >= 11 is 0. The van der Waals surface area contributed by atoms with E-state index in [1.807, 2.05) is 12.3 Å². The minimum absolute atomic E-state index is 0.221. The van der Waals surface area contributed by atoms with E-state index in [2.05, 4.69) is 44.1 Å². The number of aromatic nitrogens is 1.